The zero-order valence-corrected chi connectivity index (χ0v) is 16.9. The third-order valence-electron chi connectivity index (χ3n) is 5.37. The summed E-state index contributed by atoms with van der Waals surface area (Å²) in [6.07, 6.45) is 1.70. The van der Waals surface area contributed by atoms with Crippen LogP contribution >= 0.6 is 11.3 Å². The molecule has 8 heteroatoms. The average Bonchev–Trinajstić information content (AvgIpc) is 3.23. The molecule has 0 radical (unpaired) electrons. The van der Waals surface area contributed by atoms with Crippen LogP contribution in [-0.4, -0.2) is 23.4 Å². The molecule has 2 aromatic heterocycles. The molecular formula is C21H18N2O5S. The van der Waals surface area contributed by atoms with Crippen molar-refractivity contribution in [1.82, 2.24) is 4.57 Å². The predicted octanol–water partition coefficient (Wildman–Crippen LogP) is 1.76. The second kappa shape index (κ2) is 6.18. The van der Waals surface area contributed by atoms with Gasteiger partial charge < -0.3 is 13.9 Å². The number of furan rings is 1. The number of hydrogen-bond acceptors (Lipinski definition) is 7. The number of esters is 1. The van der Waals surface area contributed by atoms with Gasteiger partial charge in [0.1, 0.15) is 23.2 Å². The van der Waals surface area contributed by atoms with Crippen LogP contribution in [0.4, 0.5) is 0 Å². The van der Waals surface area contributed by atoms with Crippen LogP contribution in [0.15, 0.2) is 50.6 Å². The van der Waals surface area contributed by atoms with E-state index in [1.807, 2.05) is 43.3 Å². The number of methoxy groups -OCH3 is 1. The summed E-state index contributed by atoms with van der Waals surface area (Å²) in [7, 11) is 1.33. The number of aryl methyl sites for hydroxylation is 1. The molecule has 0 spiro atoms. The van der Waals surface area contributed by atoms with E-state index in [0.29, 0.717) is 20.8 Å². The van der Waals surface area contributed by atoms with Gasteiger partial charge >= 0.3 is 5.97 Å². The van der Waals surface area contributed by atoms with Crippen LogP contribution < -0.4 is 19.6 Å². The summed E-state index contributed by atoms with van der Waals surface area (Å²) in [6.45, 7) is 3.60. The maximum atomic E-state index is 13.3. The Hall–Kier alpha value is -3.13. The lowest BCUT2D eigenvalue weighted by Crippen LogP contribution is -2.58. The molecule has 1 aromatic carbocycles. The number of hydrogen-bond donors (Lipinski definition) is 0. The van der Waals surface area contributed by atoms with Crippen LogP contribution in [0.25, 0.3) is 6.08 Å². The standard InChI is InChI=1S/C21H18N2O5S/c1-11-8-9-12(27-11)10-15-18(24)23-17-13-6-4-5-7-14(13)28-21(2,22-20(23)29-15)16(17)19(25)26-3/h4-10,16-17H,1-3H3/b15-10-/t16-,17-,21+/m0/s1. The summed E-state index contributed by atoms with van der Waals surface area (Å²) in [5.41, 5.74) is -0.626. The van der Waals surface area contributed by atoms with Crippen molar-refractivity contribution >= 4 is 23.4 Å². The van der Waals surface area contributed by atoms with Crippen molar-refractivity contribution in [2.24, 2.45) is 10.9 Å². The van der Waals surface area contributed by atoms with Crippen molar-refractivity contribution in [3.8, 4) is 5.75 Å². The van der Waals surface area contributed by atoms with E-state index >= 15 is 0 Å². The van der Waals surface area contributed by atoms with E-state index in [1.165, 1.54) is 18.4 Å². The fourth-order valence-corrected chi connectivity index (χ4v) is 5.17. The first-order chi connectivity index (χ1) is 13.9. The van der Waals surface area contributed by atoms with Crippen LogP contribution in [0.3, 0.4) is 0 Å². The lowest BCUT2D eigenvalue weighted by molar-refractivity contribution is -0.158. The molecule has 0 N–H and O–H groups in total. The van der Waals surface area contributed by atoms with Crippen LogP contribution in [0.2, 0.25) is 0 Å². The molecule has 3 atom stereocenters. The maximum Gasteiger partial charge on any atom is 0.317 e. The van der Waals surface area contributed by atoms with Crippen molar-refractivity contribution in [2.45, 2.75) is 25.6 Å². The Balaban J connectivity index is 1.81. The molecule has 0 saturated heterocycles. The Morgan fingerprint density at radius 1 is 1.31 bits per heavy atom. The first kappa shape index (κ1) is 17.9. The zero-order chi connectivity index (χ0) is 20.3. The lowest BCUT2D eigenvalue weighted by atomic mass is 9.81. The Bertz CT molecular complexity index is 1320. The second-order valence-corrected chi connectivity index (χ2v) is 8.28. The van der Waals surface area contributed by atoms with E-state index in [-0.39, 0.29) is 5.56 Å². The van der Waals surface area contributed by atoms with Gasteiger partial charge in [0.25, 0.3) is 5.56 Å². The molecule has 2 aliphatic rings. The number of rotatable bonds is 2. The molecule has 0 fully saturated rings. The minimum Gasteiger partial charge on any atom is -0.469 e. The van der Waals surface area contributed by atoms with Gasteiger partial charge in [-0.15, -0.1) is 0 Å². The van der Waals surface area contributed by atoms with Crippen LogP contribution in [-0.2, 0) is 9.53 Å². The number of carbonyl (C=O) groups is 1. The van der Waals surface area contributed by atoms with E-state index < -0.39 is 23.7 Å². The number of aromatic nitrogens is 1. The molecule has 3 aromatic rings. The molecule has 2 aliphatic heterocycles. The lowest BCUT2D eigenvalue weighted by Gasteiger charge is -2.44. The van der Waals surface area contributed by atoms with E-state index in [1.54, 1.807) is 17.6 Å². The van der Waals surface area contributed by atoms with Crippen molar-refractivity contribution in [1.29, 1.82) is 0 Å². The SMILES string of the molecule is COC(=O)[C@@H]1[C@@H]2c3ccccc3O[C@@]1(C)N=c1s/c(=C\c3ccc(C)o3)c(=O)n12. The number of fused-ring (bicyclic) bond motifs is 6. The number of thiazole rings is 1. The van der Waals surface area contributed by atoms with Gasteiger partial charge in [-0.1, -0.05) is 29.5 Å². The highest BCUT2D eigenvalue weighted by molar-refractivity contribution is 7.07. The fraction of sp³-hybridized carbons (Fsp3) is 0.286. The molecule has 0 aliphatic carbocycles. The van der Waals surface area contributed by atoms with E-state index in [2.05, 4.69) is 4.99 Å². The van der Waals surface area contributed by atoms with Gasteiger partial charge in [-0.3, -0.25) is 14.2 Å². The van der Waals surface area contributed by atoms with Crippen LogP contribution in [0.1, 0.15) is 30.0 Å². The number of ether oxygens (including phenoxy) is 2. The van der Waals surface area contributed by atoms with Crippen molar-refractivity contribution in [3.05, 3.63) is 73.2 Å². The summed E-state index contributed by atoms with van der Waals surface area (Å²) >= 11 is 1.25. The molecule has 0 amide bonds. The van der Waals surface area contributed by atoms with E-state index in [9.17, 15) is 9.59 Å². The van der Waals surface area contributed by atoms with Crippen LogP contribution in [0, 0.1) is 12.8 Å². The molecular weight excluding hydrogens is 392 g/mol. The number of para-hydroxylation sites is 1. The van der Waals surface area contributed by atoms with E-state index in [0.717, 1.165) is 11.3 Å². The summed E-state index contributed by atoms with van der Waals surface area (Å²) in [6, 6.07) is 10.5. The van der Waals surface area contributed by atoms with Crippen LogP contribution in [0.5, 0.6) is 5.75 Å². The first-order valence-corrected chi connectivity index (χ1v) is 9.98. The highest BCUT2D eigenvalue weighted by atomic mass is 32.1. The Morgan fingerprint density at radius 2 is 2.10 bits per heavy atom. The van der Waals surface area contributed by atoms with Crippen molar-refractivity contribution in [2.75, 3.05) is 7.11 Å². The van der Waals surface area contributed by atoms with Gasteiger partial charge in [-0.2, -0.15) is 0 Å². The Labute approximate surface area is 169 Å². The molecule has 0 saturated carbocycles. The first-order valence-electron chi connectivity index (χ1n) is 9.16. The summed E-state index contributed by atoms with van der Waals surface area (Å²) < 4.78 is 18.9. The summed E-state index contributed by atoms with van der Waals surface area (Å²) in [5.74, 6) is 0.723. The van der Waals surface area contributed by atoms with Gasteiger partial charge in [-0.25, -0.2) is 4.99 Å². The maximum absolute atomic E-state index is 13.3. The quantitative estimate of drug-likeness (QED) is 0.601. The fourth-order valence-electron chi connectivity index (χ4n) is 4.09. The third kappa shape index (κ3) is 2.59. The summed E-state index contributed by atoms with van der Waals surface area (Å²) in [4.78, 5) is 31.3. The zero-order valence-electron chi connectivity index (χ0n) is 16.0. The van der Waals surface area contributed by atoms with Crippen molar-refractivity contribution in [3.63, 3.8) is 0 Å². The number of carbonyl (C=O) groups excluding carboxylic acids is 1. The monoisotopic (exact) mass is 410 g/mol. The summed E-state index contributed by atoms with van der Waals surface area (Å²) in [5, 5.41) is 0. The highest BCUT2D eigenvalue weighted by Gasteiger charge is 2.55. The molecule has 2 bridgehead atoms. The van der Waals surface area contributed by atoms with Gasteiger partial charge in [0, 0.05) is 11.6 Å². The topological polar surface area (TPSA) is 83.0 Å². The number of nitrogens with zero attached hydrogens (tertiary/aromatic N) is 2. The molecule has 29 heavy (non-hydrogen) atoms. The minimum atomic E-state index is -1.16. The van der Waals surface area contributed by atoms with Crippen molar-refractivity contribution < 1.29 is 18.7 Å². The normalized spacial score (nSPS) is 24.9. The highest BCUT2D eigenvalue weighted by Crippen LogP contribution is 2.47. The predicted molar refractivity (Wildman–Crippen MR) is 105 cm³/mol. The average molecular weight is 410 g/mol. The van der Waals surface area contributed by atoms with Gasteiger partial charge in [0.2, 0.25) is 5.72 Å². The van der Waals surface area contributed by atoms with E-state index in [4.69, 9.17) is 13.9 Å². The largest absolute Gasteiger partial charge is 0.469 e. The van der Waals surface area contributed by atoms with Gasteiger partial charge in [0.15, 0.2) is 4.80 Å². The van der Waals surface area contributed by atoms with Gasteiger partial charge in [0.05, 0.1) is 17.7 Å². The molecule has 0 unspecified atom stereocenters. The Kier molecular flexibility index (Phi) is 3.82. The molecule has 4 heterocycles. The third-order valence-corrected chi connectivity index (χ3v) is 6.35. The Morgan fingerprint density at radius 3 is 2.83 bits per heavy atom. The smallest absolute Gasteiger partial charge is 0.317 e. The minimum absolute atomic E-state index is 0.222. The van der Waals surface area contributed by atoms with Gasteiger partial charge in [-0.05, 0) is 32.0 Å². The second-order valence-electron chi connectivity index (χ2n) is 7.27. The number of benzene rings is 1. The molecule has 5 rings (SSSR count). The molecule has 148 valence electrons. The molecule has 7 nitrogen and oxygen atoms in total.